The minimum atomic E-state index is -1.12. The van der Waals surface area contributed by atoms with Crippen LogP contribution >= 0.6 is 27.5 Å². The summed E-state index contributed by atoms with van der Waals surface area (Å²) in [5.74, 6) is 0.329. The summed E-state index contributed by atoms with van der Waals surface area (Å²) in [5.41, 5.74) is 2.04. The molecule has 2 amide bonds. The molecule has 1 aliphatic rings. The summed E-state index contributed by atoms with van der Waals surface area (Å²) >= 11 is 10.0. The molecule has 8 heteroatoms. The molecule has 4 rings (SSSR count). The average molecular weight is 571 g/mol. The van der Waals surface area contributed by atoms with E-state index >= 15 is 0 Å². The summed E-state index contributed by atoms with van der Waals surface area (Å²) in [4.78, 5) is 30.1. The number of carbonyl (C=O) groups excluding carboxylic acids is 2. The molecular formula is C28H29BrClN3O3. The second-order valence-corrected chi connectivity index (χ2v) is 10.6. The first-order valence-electron chi connectivity index (χ1n) is 11.8. The topological polar surface area (TPSA) is 61.9 Å². The number of aryl methyl sites for hydroxylation is 1. The van der Waals surface area contributed by atoms with Crippen LogP contribution in [0.2, 0.25) is 5.02 Å². The highest BCUT2D eigenvalue weighted by molar-refractivity contribution is 9.10. The molecule has 0 aliphatic carbocycles. The summed E-state index contributed by atoms with van der Waals surface area (Å²) in [6.45, 7) is 7.77. The number of ether oxygens (including phenoxy) is 1. The van der Waals surface area contributed by atoms with Crippen LogP contribution in [0.3, 0.4) is 0 Å². The molecule has 0 radical (unpaired) electrons. The van der Waals surface area contributed by atoms with Crippen molar-refractivity contribution < 1.29 is 14.3 Å². The van der Waals surface area contributed by atoms with E-state index < -0.39 is 5.60 Å². The van der Waals surface area contributed by atoms with Crippen LogP contribution in [0.1, 0.15) is 29.8 Å². The highest BCUT2D eigenvalue weighted by atomic mass is 79.9. The van der Waals surface area contributed by atoms with Crippen molar-refractivity contribution in [3.63, 3.8) is 0 Å². The number of nitrogens with one attached hydrogen (secondary N) is 1. The van der Waals surface area contributed by atoms with E-state index in [4.69, 9.17) is 16.3 Å². The van der Waals surface area contributed by atoms with Gasteiger partial charge in [0.25, 0.3) is 11.8 Å². The average Bonchev–Trinajstić information content (AvgIpc) is 2.86. The largest absolute Gasteiger partial charge is 0.478 e. The Morgan fingerprint density at radius 2 is 1.58 bits per heavy atom. The Bertz CT molecular complexity index is 1240. The molecule has 3 aromatic rings. The number of carbonyl (C=O) groups is 2. The maximum atomic E-state index is 13.2. The number of anilines is 2. The van der Waals surface area contributed by atoms with Gasteiger partial charge in [0, 0.05) is 36.2 Å². The van der Waals surface area contributed by atoms with Crippen molar-refractivity contribution in [2.24, 2.45) is 0 Å². The highest BCUT2D eigenvalue weighted by Crippen LogP contribution is 2.35. The molecule has 36 heavy (non-hydrogen) atoms. The third kappa shape index (κ3) is 6.02. The molecule has 0 saturated carbocycles. The van der Waals surface area contributed by atoms with Crippen molar-refractivity contribution in [2.75, 3.05) is 36.4 Å². The van der Waals surface area contributed by atoms with Crippen LogP contribution in [-0.4, -0.2) is 48.5 Å². The van der Waals surface area contributed by atoms with Gasteiger partial charge in [0.05, 0.1) is 16.4 Å². The fourth-order valence-electron chi connectivity index (χ4n) is 4.07. The number of halogens is 2. The number of piperazine rings is 1. The number of hydrogen-bond acceptors (Lipinski definition) is 4. The first-order valence-corrected chi connectivity index (χ1v) is 13.0. The van der Waals surface area contributed by atoms with Crippen LogP contribution in [0.25, 0.3) is 0 Å². The van der Waals surface area contributed by atoms with Gasteiger partial charge in [0.2, 0.25) is 0 Å². The molecule has 1 heterocycles. The molecule has 0 bridgehead atoms. The van der Waals surface area contributed by atoms with E-state index in [2.05, 4.69) is 26.1 Å². The van der Waals surface area contributed by atoms with E-state index in [-0.39, 0.29) is 11.8 Å². The Morgan fingerprint density at radius 3 is 2.22 bits per heavy atom. The van der Waals surface area contributed by atoms with E-state index in [0.29, 0.717) is 48.2 Å². The molecule has 188 valence electrons. The normalized spacial score (nSPS) is 13.9. The summed E-state index contributed by atoms with van der Waals surface area (Å²) in [5, 5.41) is 3.55. The minimum Gasteiger partial charge on any atom is -0.478 e. The number of hydrogen-bond donors (Lipinski definition) is 1. The van der Waals surface area contributed by atoms with Crippen molar-refractivity contribution in [1.82, 2.24) is 4.90 Å². The number of rotatable bonds is 6. The molecular weight excluding hydrogens is 542 g/mol. The van der Waals surface area contributed by atoms with Crippen molar-refractivity contribution in [3.8, 4) is 5.75 Å². The maximum Gasteiger partial charge on any atom is 0.268 e. The molecule has 0 spiro atoms. The van der Waals surface area contributed by atoms with Gasteiger partial charge in [-0.15, -0.1) is 0 Å². The predicted molar refractivity (Wildman–Crippen MR) is 148 cm³/mol. The van der Waals surface area contributed by atoms with Crippen molar-refractivity contribution in [2.45, 2.75) is 26.4 Å². The van der Waals surface area contributed by atoms with Crippen LogP contribution in [0.4, 0.5) is 11.4 Å². The zero-order chi connectivity index (χ0) is 25.9. The SMILES string of the molecule is Cc1ccc(C(=O)N2CCN(c3c(Cl)cccc3NC(=O)C(C)(C)Oc3ccc(Br)cc3)CC2)cc1. The zero-order valence-corrected chi connectivity index (χ0v) is 22.9. The lowest BCUT2D eigenvalue weighted by molar-refractivity contribution is -0.128. The smallest absolute Gasteiger partial charge is 0.268 e. The van der Waals surface area contributed by atoms with Crippen LogP contribution in [0.15, 0.2) is 71.2 Å². The molecule has 0 aromatic heterocycles. The van der Waals surface area contributed by atoms with Gasteiger partial charge in [-0.1, -0.05) is 51.3 Å². The molecule has 6 nitrogen and oxygen atoms in total. The molecule has 0 atom stereocenters. The fraction of sp³-hybridized carbons (Fsp3) is 0.286. The van der Waals surface area contributed by atoms with Gasteiger partial charge in [-0.25, -0.2) is 0 Å². The molecule has 1 N–H and O–H groups in total. The van der Waals surface area contributed by atoms with Crippen molar-refractivity contribution >= 4 is 50.7 Å². The monoisotopic (exact) mass is 569 g/mol. The van der Waals surface area contributed by atoms with E-state index in [1.54, 1.807) is 38.1 Å². The van der Waals surface area contributed by atoms with E-state index in [9.17, 15) is 9.59 Å². The number of para-hydroxylation sites is 1. The summed E-state index contributed by atoms with van der Waals surface area (Å²) in [6.07, 6.45) is 0. The maximum absolute atomic E-state index is 13.2. The molecule has 0 unspecified atom stereocenters. The van der Waals surface area contributed by atoms with Gasteiger partial charge in [-0.3, -0.25) is 9.59 Å². The number of nitrogens with zero attached hydrogens (tertiary/aromatic N) is 2. The standard InChI is InChI=1S/C28H29BrClN3O3/c1-19-7-9-20(10-8-19)26(34)33-17-15-32(16-18-33)25-23(30)5-4-6-24(25)31-27(35)28(2,3)36-22-13-11-21(29)12-14-22/h4-14H,15-18H2,1-3H3,(H,31,35). The van der Waals surface area contributed by atoms with Crippen LogP contribution < -0.4 is 15.0 Å². The minimum absolute atomic E-state index is 0.0224. The van der Waals surface area contributed by atoms with Crippen molar-refractivity contribution in [1.29, 1.82) is 0 Å². The first-order chi connectivity index (χ1) is 17.1. The fourth-order valence-corrected chi connectivity index (χ4v) is 4.62. The predicted octanol–water partition coefficient (Wildman–Crippen LogP) is 6.17. The van der Waals surface area contributed by atoms with Gasteiger partial charge < -0.3 is 19.9 Å². The van der Waals surface area contributed by atoms with Crippen LogP contribution in [-0.2, 0) is 4.79 Å². The van der Waals surface area contributed by atoms with Gasteiger partial charge in [-0.2, -0.15) is 0 Å². The van der Waals surface area contributed by atoms with E-state index in [0.717, 1.165) is 15.7 Å². The Labute approximate surface area is 225 Å². The molecule has 3 aromatic carbocycles. The number of amides is 2. The Balaban J connectivity index is 1.45. The Morgan fingerprint density at radius 1 is 0.944 bits per heavy atom. The van der Waals surface area contributed by atoms with Gasteiger partial charge in [0.1, 0.15) is 5.75 Å². The summed E-state index contributed by atoms with van der Waals surface area (Å²) < 4.78 is 6.90. The quantitative estimate of drug-likeness (QED) is 0.385. The lowest BCUT2D eigenvalue weighted by Crippen LogP contribution is -2.49. The van der Waals surface area contributed by atoms with Crippen molar-refractivity contribution in [3.05, 3.63) is 87.4 Å². The summed E-state index contributed by atoms with van der Waals surface area (Å²) in [6, 6.07) is 20.4. The number of benzene rings is 3. The second-order valence-electron chi connectivity index (χ2n) is 9.30. The van der Waals surface area contributed by atoms with Gasteiger partial charge in [0.15, 0.2) is 5.60 Å². The van der Waals surface area contributed by atoms with Crippen LogP contribution in [0, 0.1) is 6.92 Å². The van der Waals surface area contributed by atoms with Gasteiger partial charge in [-0.05, 0) is 69.3 Å². The first kappa shape index (κ1) is 26.0. The van der Waals surface area contributed by atoms with Gasteiger partial charge >= 0.3 is 0 Å². The third-order valence-electron chi connectivity index (χ3n) is 6.15. The van der Waals surface area contributed by atoms with E-state index in [1.165, 1.54) is 0 Å². The Hall–Kier alpha value is -3.03. The summed E-state index contributed by atoms with van der Waals surface area (Å²) in [7, 11) is 0. The zero-order valence-electron chi connectivity index (χ0n) is 20.6. The van der Waals surface area contributed by atoms with E-state index in [1.807, 2.05) is 54.3 Å². The lowest BCUT2D eigenvalue weighted by Gasteiger charge is -2.37. The second kappa shape index (κ2) is 10.9. The Kier molecular flexibility index (Phi) is 7.91. The molecule has 1 aliphatic heterocycles. The molecule has 1 fully saturated rings. The lowest BCUT2D eigenvalue weighted by atomic mass is 10.1. The van der Waals surface area contributed by atoms with Crippen LogP contribution in [0.5, 0.6) is 5.75 Å². The molecule has 1 saturated heterocycles. The third-order valence-corrected chi connectivity index (χ3v) is 6.98. The highest BCUT2D eigenvalue weighted by Gasteiger charge is 2.32.